The van der Waals surface area contributed by atoms with Crippen molar-refractivity contribution in [1.29, 1.82) is 0 Å². The number of piperidine rings is 1. The maximum absolute atomic E-state index is 13.3. The number of benzene rings is 1. The van der Waals surface area contributed by atoms with Crippen LogP contribution in [-0.4, -0.2) is 60.4 Å². The molecule has 3 aliphatic heterocycles. The summed E-state index contributed by atoms with van der Waals surface area (Å²) in [6, 6.07) is 13.4. The van der Waals surface area contributed by atoms with E-state index in [-0.39, 0.29) is 36.0 Å². The first kappa shape index (κ1) is 20.3. The van der Waals surface area contributed by atoms with Gasteiger partial charge in [-0.1, -0.05) is 18.2 Å². The molecule has 0 spiro atoms. The number of rotatable bonds is 5. The van der Waals surface area contributed by atoms with Crippen molar-refractivity contribution in [3.05, 3.63) is 64.1 Å². The summed E-state index contributed by atoms with van der Waals surface area (Å²) in [4.78, 5) is 28.2. The SMILES string of the molecule is COc1cccc(C[C@H]2[C@H]3C[C@H](CN(C(=O)C4(CO)CNC4)C3)c3cccc(=O)n32)c1. The number of ether oxygens (including phenoxy) is 1. The second-order valence-electron chi connectivity index (χ2n) is 9.23. The second kappa shape index (κ2) is 7.80. The van der Waals surface area contributed by atoms with Crippen molar-refractivity contribution in [3.63, 3.8) is 0 Å². The van der Waals surface area contributed by atoms with Crippen molar-refractivity contribution in [2.24, 2.45) is 11.3 Å². The zero-order chi connectivity index (χ0) is 21.6. The third-order valence-electron chi connectivity index (χ3n) is 7.35. The maximum atomic E-state index is 13.3. The molecular formula is C24H29N3O4. The fourth-order valence-electron chi connectivity index (χ4n) is 5.60. The van der Waals surface area contributed by atoms with Gasteiger partial charge in [-0.2, -0.15) is 0 Å². The minimum atomic E-state index is -0.690. The summed E-state index contributed by atoms with van der Waals surface area (Å²) in [6.07, 6.45) is 1.67. The van der Waals surface area contributed by atoms with E-state index >= 15 is 0 Å². The summed E-state index contributed by atoms with van der Waals surface area (Å²) in [7, 11) is 1.65. The van der Waals surface area contributed by atoms with E-state index in [4.69, 9.17) is 4.74 Å². The molecule has 3 aliphatic rings. The molecular weight excluding hydrogens is 394 g/mol. The van der Waals surface area contributed by atoms with Crippen LogP contribution in [0.25, 0.3) is 0 Å². The zero-order valence-corrected chi connectivity index (χ0v) is 17.8. The van der Waals surface area contributed by atoms with E-state index in [1.54, 1.807) is 13.2 Å². The van der Waals surface area contributed by atoms with Gasteiger partial charge in [-0.25, -0.2) is 0 Å². The minimum Gasteiger partial charge on any atom is -0.497 e. The van der Waals surface area contributed by atoms with Crippen LogP contribution in [0.1, 0.15) is 29.6 Å². The number of amides is 1. The number of carbonyl (C=O) groups is 1. The number of hydrogen-bond donors (Lipinski definition) is 2. The van der Waals surface area contributed by atoms with Gasteiger partial charge >= 0.3 is 0 Å². The van der Waals surface area contributed by atoms with Crippen LogP contribution in [0.15, 0.2) is 47.3 Å². The lowest BCUT2D eigenvalue weighted by Crippen LogP contribution is -2.65. The Bertz CT molecular complexity index is 1040. The molecule has 0 aliphatic carbocycles. The average Bonchev–Trinajstić information content (AvgIpc) is 2.76. The van der Waals surface area contributed by atoms with Crippen LogP contribution in [0.4, 0.5) is 0 Å². The number of carbonyl (C=O) groups excluding carboxylic acids is 1. The fourth-order valence-corrected chi connectivity index (χ4v) is 5.60. The molecule has 164 valence electrons. The standard InChI is InChI=1S/C24H29N3O4/c1-31-19-5-2-4-16(8-19)9-21-18-10-17(20-6-3-7-22(29)27(20)21)11-26(12-18)23(30)24(15-28)13-25-14-24/h2-8,17-18,21,25,28H,9-15H2,1H3/t17-,18+,21+/m1/s1. The highest BCUT2D eigenvalue weighted by Gasteiger charge is 2.49. The Morgan fingerprint density at radius 1 is 1.23 bits per heavy atom. The number of methoxy groups -OCH3 is 1. The monoisotopic (exact) mass is 423 g/mol. The van der Waals surface area contributed by atoms with Crippen molar-refractivity contribution in [2.75, 3.05) is 39.9 Å². The van der Waals surface area contributed by atoms with Gasteiger partial charge in [0.05, 0.1) is 19.1 Å². The van der Waals surface area contributed by atoms with Crippen LogP contribution < -0.4 is 15.6 Å². The van der Waals surface area contributed by atoms with Gasteiger partial charge in [0, 0.05) is 49.9 Å². The molecule has 7 nitrogen and oxygen atoms in total. The van der Waals surface area contributed by atoms with Gasteiger partial charge in [0.1, 0.15) is 5.75 Å². The second-order valence-corrected chi connectivity index (χ2v) is 9.23. The number of pyridine rings is 1. The van der Waals surface area contributed by atoms with Gasteiger partial charge in [0.2, 0.25) is 5.91 Å². The van der Waals surface area contributed by atoms with E-state index in [0.717, 1.165) is 23.4 Å². The van der Waals surface area contributed by atoms with E-state index in [9.17, 15) is 14.7 Å². The Kier molecular flexibility index (Phi) is 5.10. The van der Waals surface area contributed by atoms with E-state index in [1.165, 1.54) is 0 Å². The van der Waals surface area contributed by atoms with Crippen LogP contribution in [0.5, 0.6) is 5.75 Å². The molecule has 0 radical (unpaired) electrons. The maximum Gasteiger partial charge on any atom is 0.251 e. The van der Waals surface area contributed by atoms with E-state index in [1.807, 2.05) is 39.8 Å². The van der Waals surface area contributed by atoms with E-state index in [0.29, 0.717) is 32.6 Å². The summed E-state index contributed by atoms with van der Waals surface area (Å²) < 4.78 is 7.35. The molecule has 1 aromatic heterocycles. The summed E-state index contributed by atoms with van der Waals surface area (Å²) in [6.45, 7) is 2.14. The lowest BCUT2D eigenvalue weighted by atomic mass is 9.74. The highest BCUT2D eigenvalue weighted by atomic mass is 16.5. The Balaban J connectivity index is 1.50. The molecule has 3 atom stereocenters. The molecule has 2 saturated heterocycles. The third kappa shape index (κ3) is 3.36. The molecule has 2 aromatic rings. The van der Waals surface area contributed by atoms with Gasteiger partial charge in [-0.15, -0.1) is 0 Å². The largest absolute Gasteiger partial charge is 0.497 e. The highest BCUT2D eigenvalue weighted by molar-refractivity contribution is 5.84. The quantitative estimate of drug-likeness (QED) is 0.754. The van der Waals surface area contributed by atoms with Crippen LogP contribution >= 0.6 is 0 Å². The topological polar surface area (TPSA) is 83.8 Å². The first-order chi connectivity index (χ1) is 15.0. The van der Waals surface area contributed by atoms with E-state index in [2.05, 4.69) is 11.4 Å². The third-order valence-corrected chi connectivity index (χ3v) is 7.35. The molecule has 0 saturated carbocycles. The first-order valence-electron chi connectivity index (χ1n) is 11.0. The van der Waals surface area contributed by atoms with Gasteiger partial charge < -0.3 is 24.6 Å². The van der Waals surface area contributed by atoms with Crippen molar-refractivity contribution in [1.82, 2.24) is 14.8 Å². The predicted octanol–water partition coefficient (Wildman–Crippen LogP) is 1.17. The predicted molar refractivity (Wildman–Crippen MR) is 116 cm³/mol. The number of aliphatic hydroxyl groups is 1. The van der Waals surface area contributed by atoms with Crippen molar-refractivity contribution in [3.8, 4) is 5.75 Å². The Labute approximate surface area is 181 Å². The number of nitrogens with zero attached hydrogens (tertiary/aromatic N) is 2. The van der Waals surface area contributed by atoms with Gasteiger partial charge in [-0.3, -0.25) is 9.59 Å². The number of nitrogens with one attached hydrogen (secondary N) is 1. The first-order valence-corrected chi connectivity index (χ1v) is 11.0. The Morgan fingerprint density at radius 2 is 2.03 bits per heavy atom. The fraction of sp³-hybridized carbons (Fsp3) is 0.500. The van der Waals surface area contributed by atoms with Crippen LogP contribution in [0.3, 0.4) is 0 Å². The molecule has 2 fully saturated rings. The normalized spacial score (nSPS) is 26.0. The Hall–Kier alpha value is -2.64. The molecule has 5 rings (SSSR count). The minimum absolute atomic E-state index is 0.0211. The van der Waals surface area contributed by atoms with Gasteiger partial charge in [-0.05, 0) is 42.5 Å². The number of hydrogen-bond acceptors (Lipinski definition) is 5. The van der Waals surface area contributed by atoms with Gasteiger partial charge in [0.25, 0.3) is 5.56 Å². The van der Waals surface area contributed by atoms with Crippen molar-refractivity contribution in [2.45, 2.75) is 24.8 Å². The number of aliphatic hydroxyl groups excluding tert-OH is 1. The molecule has 7 heteroatoms. The molecule has 2 bridgehead atoms. The van der Waals surface area contributed by atoms with Gasteiger partial charge in [0.15, 0.2) is 0 Å². The molecule has 2 N–H and O–H groups in total. The molecule has 4 heterocycles. The van der Waals surface area contributed by atoms with Crippen molar-refractivity contribution >= 4 is 5.91 Å². The summed E-state index contributed by atoms with van der Waals surface area (Å²) in [5, 5.41) is 13.0. The Morgan fingerprint density at radius 3 is 2.74 bits per heavy atom. The van der Waals surface area contributed by atoms with Crippen LogP contribution in [0, 0.1) is 11.3 Å². The zero-order valence-electron chi connectivity index (χ0n) is 17.8. The summed E-state index contributed by atoms with van der Waals surface area (Å²) in [5.74, 6) is 1.16. The average molecular weight is 424 g/mol. The van der Waals surface area contributed by atoms with Crippen LogP contribution in [0.2, 0.25) is 0 Å². The number of likely N-dealkylation sites (tertiary alicyclic amines) is 1. The summed E-state index contributed by atoms with van der Waals surface area (Å²) >= 11 is 0. The lowest BCUT2D eigenvalue weighted by molar-refractivity contribution is -0.151. The molecule has 1 amide bonds. The number of aromatic nitrogens is 1. The number of fused-ring (bicyclic) bond motifs is 4. The highest BCUT2D eigenvalue weighted by Crippen LogP contribution is 2.43. The summed E-state index contributed by atoms with van der Waals surface area (Å²) in [5.41, 5.74) is 1.46. The van der Waals surface area contributed by atoms with E-state index < -0.39 is 5.41 Å². The van der Waals surface area contributed by atoms with Crippen LogP contribution in [-0.2, 0) is 11.2 Å². The lowest BCUT2D eigenvalue weighted by Gasteiger charge is -2.50. The van der Waals surface area contributed by atoms with Crippen molar-refractivity contribution < 1.29 is 14.6 Å². The molecule has 1 aromatic carbocycles. The molecule has 0 unspecified atom stereocenters. The molecule has 31 heavy (non-hydrogen) atoms. The smallest absolute Gasteiger partial charge is 0.251 e.